The largest absolute Gasteiger partial charge is 0.343 e. The number of H-pyrrole nitrogens is 1. The van der Waals surface area contributed by atoms with Crippen LogP contribution in [0.2, 0.25) is 0 Å². The van der Waals surface area contributed by atoms with Crippen LogP contribution in [0.25, 0.3) is 0 Å². The van der Waals surface area contributed by atoms with E-state index >= 15 is 0 Å². The number of aromatic nitrogens is 3. The summed E-state index contributed by atoms with van der Waals surface area (Å²) >= 11 is 0. The molecule has 2 heterocycles. The van der Waals surface area contributed by atoms with Crippen LogP contribution in [0.15, 0.2) is 27.8 Å². The van der Waals surface area contributed by atoms with Gasteiger partial charge in [0.15, 0.2) is 5.82 Å². The van der Waals surface area contributed by atoms with E-state index in [1.807, 2.05) is 6.07 Å². The molecule has 6 heteroatoms. The van der Waals surface area contributed by atoms with Gasteiger partial charge in [0, 0.05) is 30.8 Å². The SMILES string of the molecule is O=c1ccc2c([nH]1)CCCC2NCCc1ncon1. The van der Waals surface area contributed by atoms with Gasteiger partial charge in [0.2, 0.25) is 12.0 Å². The van der Waals surface area contributed by atoms with Crippen LogP contribution in [-0.4, -0.2) is 21.7 Å². The molecule has 19 heavy (non-hydrogen) atoms. The average molecular weight is 260 g/mol. The lowest BCUT2D eigenvalue weighted by molar-refractivity contribution is 0.406. The Labute approximate surface area is 110 Å². The molecule has 0 saturated heterocycles. The Bertz CT molecular complexity index is 591. The molecule has 2 aromatic heterocycles. The third-order valence-corrected chi connectivity index (χ3v) is 3.48. The number of pyridine rings is 1. The maximum Gasteiger partial charge on any atom is 0.248 e. The van der Waals surface area contributed by atoms with Crippen LogP contribution in [0.4, 0.5) is 0 Å². The quantitative estimate of drug-likeness (QED) is 0.855. The molecule has 2 aromatic rings. The number of nitrogens with one attached hydrogen (secondary N) is 2. The molecule has 2 N–H and O–H groups in total. The highest BCUT2D eigenvalue weighted by atomic mass is 16.5. The fourth-order valence-electron chi connectivity index (χ4n) is 2.57. The molecule has 0 aliphatic heterocycles. The van der Waals surface area contributed by atoms with Crippen molar-refractivity contribution in [2.45, 2.75) is 31.7 Å². The van der Waals surface area contributed by atoms with Crippen molar-refractivity contribution >= 4 is 0 Å². The maximum absolute atomic E-state index is 11.3. The van der Waals surface area contributed by atoms with Gasteiger partial charge in [0.25, 0.3) is 0 Å². The van der Waals surface area contributed by atoms with Gasteiger partial charge in [-0.2, -0.15) is 4.98 Å². The van der Waals surface area contributed by atoms with Crippen molar-refractivity contribution < 1.29 is 4.52 Å². The zero-order valence-corrected chi connectivity index (χ0v) is 10.6. The molecule has 1 atom stereocenters. The Morgan fingerprint density at radius 1 is 1.47 bits per heavy atom. The molecule has 0 saturated carbocycles. The molecule has 0 aromatic carbocycles. The molecule has 0 fully saturated rings. The van der Waals surface area contributed by atoms with Gasteiger partial charge in [-0.05, 0) is 24.8 Å². The van der Waals surface area contributed by atoms with Crippen molar-refractivity contribution in [2.75, 3.05) is 6.54 Å². The summed E-state index contributed by atoms with van der Waals surface area (Å²) in [5.41, 5.74) is 2.25. The minimum Gasteiger partial charge on any atom is -0.343 e. The first-order valence-corrected chi connectivity index (χ1v) is 6.53. The van der Waals surface area contributed by atoms with E-state index < -0.39 is 0 Å². The molecule has 0 radical (unpaired) electrons. The van der Waals surface area contributed by atoms with Crippen molar-refractivity contribution in [1.82, 2.24) is 20.4 Å². The van der Waals surface area contributed by atoms with Crippen LogP contribution < -0.4 is 10.9 Å². The van der Waals surface area contributed by atoms with E-state index in [0.29, 0.717) is 11.9 Å². The first kappa shape index (κ1) is 12.1. The number of fused-ring (bicyclic) bond motifs is 1. The van der Waals surface area contributed by atoms with Crippen molar-refractivity contribution in [1.29, 1.82) is 0 Å². The minimum atomic E-state index is -0.0220. The highest BCUT2D eigenvalue weighted by Crippen LogP contribution is 2.27. The van der Waals surface area contributed by atoms with E-state index in [1.54, 1.807) is 6.07 Å². The molecule has 0 bridgehead atoms. The second-order valence-corrected chi connectivity index (χ2v) is 4.75. The van der Waals surface area contributed by atoms with Crippen molar-refractivity contribution in [2.24, 2.45) is 0 Å². The summed E-state index contributed by atoms with van der Waals surface area (Å²) in [6, 6.07) is 3.82. The first-order valence-electron chi connectivity index (χ1n) is 6.53. The Hall–Kier alpha value is -1.95. The molecule has 1 unspecified atom stereocenters. The minimum absolute atomic E-state index is 0.0220. The Balaban J connectivity index is 1.65. The summed E-state index contributed by atoms with van der Waals surface area (Å²) < 4.78 is 4.70. The lowest BCUT2D eigenvalue weighted by Gasteiger charge is -2.25. The third kappa shape index (κ3) is 2.73. The Kier molecular flexibility index (Phi) is 3.41. The van der Waals surface area contributed by atoms with Crippen LogP contribution >= 0.6 is 0 Å². The van der Waals surface area contributed by atoms with Crippen LogP contribution in [0.5, 0.6) is 0 Å². The van der Waals surface area contributed by atoms with Gasteiger partial charge in [0.05, 0.1) is 0 Å². The van der Waals surface area contributed by atoms with Gasteiger partial charge >= 0.3 is 0 Å². The number of hydrogen-bond donors (Lipinski definition) is 2. The smallest absolute Gasteiger partial charge is 0.248 e. The lowest BCUT2D eigenvalue weighted by atomic mass is 9.91. The van der Waals surface area contributed by atoms with E-state index in [-0.39, 0.29) is 5.56 Å². The zero-order chi connectivity index (χ0) is 13.1. The van der Waals surface area contributed by atoms with Crippen molar-refractivity contribution in [3.8, 4) is 0 Å². The summed E-state index contributed by atoms with van der Waals surface area (Å²) in [6.07, 6.45) is 5.22. The molecule has 0 spiro atoms. The molecular weight excluding hydrogens is 244 g/mol. The topological polar surface area (TPSA) is 83.8 Å². The second kappa shape index (κ2) is 5.36. The highest BCUT2D eigenvalue weighted by Gasteiger charge is 2.20. The molecular formula is C13H16N4O2. The maximum atomic E-state index is 11.3. The van der Waals surface area contributed by atoms with Gasteiger partial charge in [-0.3, -0.25) is 4.79 Å². The Morgan fingerprint density at radius 3 is 3.26 bits per heavy atom. The second-order valence-electron chi connectivity index (χ2n) is 4.75. The molecule has 6 nitrogen and oxygen atoms in total. The number of aromatic amines is 1. The number of nitrogens with zero attached hydrogens (tertiary/aromatic N) is 2. The van der Waals surface area contributed by atoms with Gasteiger partial charge in [0.1, 0.15) is 0 Å². The van der Waals surface area contributed by atoms with Crippen LogP contribution in [0.1, 0.15) is 36.0 Å². The summed E-state index contributed by atoms with van der Waals surface area (Å²) in [7, 11) is 0. The summed E-state index contributed by atoms with van der Waals surface area (Å²) in [5, 5.41) is 7.27. The molecule has 0 amide bonds. The normalized spacial score (nSPS) is 18.2. The van der Waals surface area contributed by atoms with Crippen LogP contribution in [0, 0.1) is 0 Å². The van der Waals surface area contributed by atoms with E-state index in [1.165, 1.54) is 12.0 Å². The van der Waals surface area contributed by atoms with Gasteiger partial charge in [-0.25, -0.2) is 0 Å². The Morgan fingerprint density at radius 2 is 2.42 bits per heavy atom. The molecule has 3 rings (SSSR count). The number of hydrogen-bond acceptors (Lipinski definition) is 5. The van der Waals surface area contributed by atoms with Crippen molar-refractivity contribution in [3.63, 3.8) is 0 Å². The fourth-order valence-corrected chi connectivity index (χ4v) is 2.57. The number of aryl methyl sites for hydroxylation is 1. The zero-order valence-electron chi connectivity index (χ0n) is 10.6. The first-order chi connectivity index (χ1) is 9.33. The monoisotopic (exact) mass is 260 g/mol. The van der Waals surface area contributed by atoms with Crippen LogP contribution in [0.3, 0.4) is 0 Å². The van der Waals surface area contributed by atoms with E-state index in [9.17, 15) is 4.79 Å². The average Bonchev–Trinajstić information content (AvgIpc) is 2.92. The lowest BCUT2D eigenvalue weighted by Crippen LogP contribution is -2.29. The van der Waals surface area contributed by atoms with Crippen LogP contribution in [-0.2, 0) is 12.8 Å². The van der Waals surface area contributed by atoms with Crippen molar-refractivity contribution in [3.05, 3.63) is 46.0 Å². The predicted octanol–water partition coefficient (Wildman–Crippen LogP) is 0.968. The van der Waals surface area contributed by atoms with Gasteiger partial charge in [-0.1, -0.05) is 11.2 Å². The summed E-state index contributed by atoms with van der Waals surface area (Å²) in [4.78, 5) is 18.2. The molecule has 100 valence electrons. The summed E-state index contributed by atoms with van der Waals surface area (Å²) in [6.45, 7) is 0.794. The standard InChI is InChI=1S/C13H16N4O2/c18-13-5-4-9-10(2-1-3-11(9)16-13)14-7-6-12-15-8-19-17-12/h4-5,8,10,14H,1-3,6-7H2,(H,16,18). The molecule has 1 aliphatic carbocycles. The van der Waals surface area contributed by atoms with E-state index in [4.69, 9.17) is 4.52 Å². The molecule has 1 aliphatic rings. The van der Waals surface area contributed by atoms with Gasteiger partial charge in [-0.15, -0.1) is 0 Å². The number of rotatable bonds is 4. The van der Waals surface area contributed by atoms with E-state index in [2.05, 4.69) is 20.4 Å². The fraction of sp³-hybridized carbons (Fsp3) is 0.462. The van der Waals surface area contributed by atoms with E-state index in [0.717, 1.165) is 37.9 Å². The third-order valence-electron chi connectivity index (χ3n) is 3.48. The predicted molar refractivity (Wildman–Crippen MR) is 68.7 cm³/mol. The van der Waals surface area contributed by atoms with Gasteiger partial charge < -0.3 is 14.8 Å². The summed E-state index contributed by atoms with van der Waals surface area (Å²) in [5.74, 6) is 0.713. The highest BCUT2D eigenvalue weighted by molar-refractivity contribution is 5.26.